The van der Waals surface area contributed by atoms with Crippen LogP contribution in [0.3, 0.4) is 0 Å². The number of nitrogens with zero attached hydrogens (tertiary/aromatic N) is 6. The van der Waals surface area contributed by atoms with Crippen molar-refractivity contribution in [2.75, 3.05) is 11.4 Å². The van der Waals surface area contributed by atoms with Crippen molar-refractivity contribution in [2.24, 2.45) is 0 Å². The third-order valence-electron chi connectivity index (χ3n) is 7.07. The smallest absolute Gasteiger partial charge is 0.356 e. The van der Waals surface area contributed by atoms with E-state index in [9.17, 15) is 30.7 Å². The highest BCUT2D eigenvalue weighted by Gasteiger charge is 2.44. The number of hydrogen-bond acceptors (Lipinski definition) is 5. The Bertz CT molecular complexity index is 1800. The quantitative estimate of drug-likeness (QED) is 0.238. The van der Waals surface area contributed by atoms with Gasteiger partial charge in [0.05, 0.1) is 11.9 Å². The summed E-state index contributed by atoms with van der Waals surface area (Å²) in [4.78, 5) is 13.3. The number of alkyl halides is 6. The van der Waals surface area contributed by atoms with Crippen molar-refractivity contribution in [3.8, 4) is 5.69 Å². The minimum Gasteiger partial charge on any atom is -0.356 e. The van der Waals surface area contributed by atoms with E-state index in [-0.39, 0.29) is 29.8 Å². The molecule has 1 atom stereocenters. The van der Waals surface area contributed by atoms with Gasteiger partial charge in [-0.25, -0.2) is 18.4 Å². The van der Waals surface area contributed by atoms with Crippen LogP contribution in [0.5, 0.6) is 0 Å². The molecular weight excluding hydrogens is 574 g/mol. The molecule has 0 unspecified atom stereocenters. The van der Waals surface area contributed by atoms with Gasteiger partial charge in [-0.2, -0.15) is 41.4 Å². The first-order chi connectivity index (χ1) is 19.7. The molecule has 42 heavy (non-hydrogen) atoms. The zero-order valence-electron chi connectivity index (χ0n) is 21.7. The molecule has 5 aromatic rings. The van der Waals surface area contributed by atoms with Gasteiger partial charge in [-0.3, -0.25) is 0 Å². The van der Waals surface area contributed by atoms with Gasteiger partial charge in [-0.15, -0.1) is 0 Å². The number of aromatic amines is 1. The Morgan fingerprint density at radius 3 is 2.19 bits per heavy atom. The summed E-state index contributed by atoms with van der Waals surface area (Å²) >= 11 is 0. The first-order valence-electron chi connectivity index (χ1n) is 12.5. The van der Waals surface area contributed by atoms with E-state index >= 15 is 4.39 Å². The molecule has 4 heterocycles. The number of hydrogen-bond donors (Lipinski definition) is 1. The van der Waals surface area contributed by atoms with Crippen LogP contribution in [0.25, 0.3) is 16.6 Å². The lowest BCUT2D eigenvalue weighted by atomic mass is 9.91. The van der Waals surface area contributed by atoms with Crippen LogP contribution in [0.2, 0.25) is 0 Å². The topological polar surface area (TPSA) is 75.5 Å². The van der Waals surface area contributed by atoms with Crippen LogP contribution >= 0.6 is 0 Å². The molecule has 2 aromatic carbocycles. The second kappa shape index (κ2) is 9.49. The third-order valence-corrected chi connectivity index (χ3v) is 7.07. The number of halogens is 8. The highest BCUT2D eigenvalue weighted by molar-refractivity contribution is 5.87. The monoisotopic (exact) mass is 593 g/mol. The van der Waals surface area contributed by atoms with Crippen LogP contribution in [-0.4, -0.2) is 36.3 Å². The first kappa shape index (κ1) is 27.6. The molecule has 0 saturated carbocycles. The third kappa shape index (κ3) is 4.61. The normalized spacial score (nSPS) is 15.9. The fourth-order valence-electron chi connectivity index (χ4n) is 5.13. The summed E-state index contributed by atoms with van der Waals surface area (Å²) in [6.45, 7) is 2.97. The maximum absolute atomic E-state index is 15.5. The predicted molar refractivity (Wildman–Crippen MR) is 134 cm³/mol. The van der Waals surface area contributed by atoms with E-state index in [0.717, 1.165) is 10.5 Å². The lowest BCUT2D eigenvalue weighted by molar-refractivity contribution is -0.155. The molecule has 0 bridgehead atoms. The molecule has 0 fully saturated rings. The van der Waals surface area contributed by atoms with Crippen molar-refractivity contribution in [1.82, 2.24) is 29.7 Å². The number of aromatic nitrogens is 6. The molecule has 218 valence electrons. The van der Waals surface area contributed by atoms with Gasteiger partial charge in [-0.05, 0) is 55.2 Å². The summed E-state index contributed by atoms with van der Waals surface area (Å²) in [5.41, 5.74) is 2.67. The Hall–Kier alpha value is -4.56. The van der Waals surface area contributed by atoms with Gasteiger partial charge >= 0.3 is 12.4 Å². The Labute approximate surface area is 231 Å². The first-order valence-corrected chi connectivity index (χ1v) is 12.5. The van der Waals surface area contributed by atoms with E-state index in [1.807, 2.05) is 13.0 Å². The SMILES string of the molecule is Cc1cnn(-c2ccc3[nH]c4c(c3c2)CCN(c2nc(C(F)(F)F)nc(C(F)(F)F)n2)[C@H]4c2ccc(C)c(F)c2F)c1. The van der Waals surface area contributed by atoms with Crippen LogP contribution in [0.1, 0.15) is 45.6 Å². The van der Waals surface area contributed by atoms with Gasteiger partial charge < -0.3 is 9.88 Å². The maximum Gasteiger partial charge on any atom is 0.451 e. The Morgan fingerprint density at radius 1 is 0.881 bits per heavy atom. The molecule has 1 N–H and O–H groups in total. The number of aryl methyl sites for hydroxylation is 2. The molecule has 7 nitrogen and oxygen atoms in total. The maximum atomic E-state index is 15.5. The number of fused-ring (bicyclic) bond motifs is 3. The average molecular weight is 593 g/mol. The minimum atomic E-state index is -5.34. The molecule has 0 aliphatic carbocycles. The summed E-state index contributed by atoms with van der Waals surface area (Å²) in [6.07, 6.45) is -7.10. The highest BCUT2D eigenvalue weighted by Crippen LogP contribution is 2.43. The average Bonchev–Trinajstić information content (AvgIpc) is 3.53. The summed E-state index contributed by atoms with van der Waals surface area (Å²) in [7, 11) is 0. The van der Waals surface area contributed by atoms with Gasteiger partial charge in [-0.1, -0.05) is 12.1 Å². The van der Waals surface area contributed by atoms with Gasteiger partial charge in [0.2, 0.25) is 17.6 Å². The van der Waals surface area contributed by atoms with Gasteiger partial charge in [0.25, 0.3) is 0 Å². The summed E-state index contributed by atoms with van der Waals surface area (Å²) < 4.78 is 113. The largest absolute Gasteiger partial charge is 0.451 e. The zero-order valence-corrected chi connectivity index (χ0v) is 21.7. The van der Waals surface area contributed by atoms with Crippen molar-refractivity contribution in [2.45, 2.75) is 38.7 Å². The lowest BCUT2D eigenvalue weighted by Crippen LogP contribution is -2.39. The van der Waals surface area contributed by atoms with E-state index in [2.05, 4.69) is 25.0 Å². The summed E-state index contributed by atoms with van der Waals surface area (Å²) in [5, 5.41) is 4.97. The molecule has 0 radical (unpaired) electrons. The number of rotatable bonds is 3. The van der Waals surface area contributed by atoms with Crippen molar-refractivity contribution in [3.05, 3.63) is 94.0 Å². The van der Waals surface area contributed by atoms with Crippen LogP contribution in [0.4, 0.5) is 41.1 Å². The molecular formula is C27H19F8N7. The van der Waals surface area contributed by atoms with E-state index < -0.39 is 47.6 Å². The number of H-pyrrole nitrogens is 1. The standard InChI is InChI=1S/C27H19F8N7/c1-12-10-36-42(11-12)14-4-6-18-17(9-14)15-7-8-41(22(21(15)37-18)16-5-3-13(2)19(28)20(16)29)25-39-23(26(30,31)32)38-24(40-25)27(33,34)35/h3-6,9-11,22,37H,7-8H2,1-2H3/t22-/m0/s1. The van der Waals surface area contributed by atoms with E-state index in [1.54, 1.807) is 29.2 Å². The van der Waals surface area contributed by atoms with Gasteiger partial charge in [0, 0.05) is 34.9 Å². The van der Waals surface area contributed by atoms with Crippen molar-refractivity contribution in [1.29, 1.82) is 0 Å². The summed E-state index contributed by atoms with van der Waals surface area (Å²) in [6, 6.07) is 6.39. The fourth-order valence-corrected chi connectivity index (χ4v) is 5.13. The molecule has 3 aromatic heterocycles. The van der Waals surface area contributed by atoms with E-state index in [1.165, 1.54) is 19.1 Å². The fraction of sp³-hybridized carbons (Fsp3) is 0.259. The molecule has 6 rings (SSSR count). The van der Waals surface area contributed by atoms with E-state index in [0.29, 0.717) is 22.2 Å². The molecule has 0 spiro atoms. The van der Waals surface area contributed by atoms with Crippen molar-refractivity contribution in [3.63, 3.8) is 0 Å². The predicted octanol–water partition coefficient (Wildman–Crippen LogP) is 6.62. The molecule has 1 aliphatic heterocycles. The lowest BCUT2D eigenvalue weighted by Gasteiger charge is -2.36. The number of nitrogens with one attached hydrogen (secondary N) is 1. The van der Waals surface area contributed by atoms with Crippen LogP contribution < -0.4 is 4.90 Å². The number of anilines is 1. The zero-order chi connectivity index (χ0) is 30.1. The van der Waals surface area contributed by atoms with Gasteiger partial charge in [0.1, 0.15) is 6.04 Å². The molecule has 1 aliphatic rings. The second-order valence-corrected chi connectivity index (χ2v) is 9.93. The molecule has 0 amide bonds. The Balaban J connectivity index is 1.58. The highest BCUT2D eigenvalue weighted by atomic mass is 19.4. The van der Waals surface area contributed by atoms with Crippen molar-refractivity contribution >= 4 is 16.9 Å². The molecule has 0 saturated heterocycles. The Kier molecular flexibility index (Phi) is 6.24. The minimum absolute atomic E-state index is 0.0338. The van der Waals surface area contributed by atoms with E-state index in [4.69, 9.17) is 0 Å². The second-order valence-electron chi connectivity index (χ2n) is 9.93. The summed E-state index contributed by atoms with van der Waals surface area (Å²) in [5.74, 6) is -7.60. The van der Waals surface area contributed by atoms with Gasteiger partial charge in [0.15, 0.2) is 11.6 Å². The van der Waals surface area contributed by atoms with Crippen LogP contribution in [-0.2, 0) is 18.8 Å². The van der Waals surface area contributed by atoms with Crippen LogP contribution in [0.15, 0.2) is 42.7 Å². The Morgan fingerprint density at radius 2 is 1.57 bits per heavy atom. The van der Waals surface area contributed by atoms with Crippen LogP contribution in [0, 0.1) is 25.5 Å². The molecule has 15 heteroatoms. The van der Waals surface area contributed by atoms with Crippen molar-refractivity contribution < 1.29 is 35.1 Å². The number of benzene rings is 2.